The monoisotopic (exact) mass is 546 g/mol. The number of aromatic nitrogens is 2. The van der Waals surface area contributed by atoms with E-state index >= 15 is 0 Å². The Morgan fingerprint density at radius 1 is 1.12 bits per heavy atom. The maximum Gasteiger partial charge on any atom is 0.387 e. The molecule has 0 amide bonds. The maximum absolute atomic E-state index is 14.2. The van der Waals surface area contributed by atoms with E-state index in [9.17, 15) is 27.2 Å². The molecular weight excluding hydrogens is 528 g/mol. The molecule has 3 aromatic rings. The highest BCUT2D eigenvalue weighted by molar-refractivity contribution is 9.10. The summed E-state index contributed by atoms with van der Waals surface area (Å²) in [7, 11) is 0. The van der Waals surface area contributed by atoms with Crippen LogP contribution in [0.15, 0.2) is 34.9 Å². The molecule has 0 fully saturated rings. The van der Waals surface area contributed by atoms with Crippen LogP contribution in [0.25, 0.3) is 5.65 Å². The minimum Gasteiger partial charge on any atom is -0.466 e. The SMILES string of the molecule is CCOC(=O)CC(c1ccc(F)cc1OC(F)F)c1c(C(=O)OCC)nc2cc(F)c(Br)cn12. The van der Waals surface area contributed by atoms with Crippen molar-refractivity contribution in [1.82, 2.24) is 9.38 Å². The van der Waals surface area contributed by atoms with Crippen molar-refractivity contribution in [3.05, 3.63) is 63.5 Å². The molecule has 0 radical (unpaired) electrons. The first-order valence-corrected chi connectivity index (χ1v) is 10.9. The van der Waals surface area contributed by atoms with E-state index in [1.165, 1.54) is 10.6 Å². The number of halogens is 5. The van der Waals surface area contributed by atoms with Gasteiger partial charge in [0.05, 0.1) is 29.8 Å². The standard InChI is InChI=1S/C22H19BrF4N2O5/c1-3-32-18(30)8-13(12-6-5-11(24)7-16(12)34-22(26)27)20-19(21(31)33-4-2)28-17-9-15(25)14(23)10-29(17)20/h5-7,9-10,13,22H,3-4,8H2,1-2H3. The summed E-state index contributed by atoms with van der Waals surface area (Å²) in [6.07, 6.45) is 0.819. The molecule has 0 aliphatic rings. The van der Waals surface area contributed by atoms with Crippen LogP contribution in [0.3, 0.4) is 0 Å². The van der Waals surface area contributed by atoms with Gasteiger partial charge in [-0.05, 0) is 35.8 Å². The van der Waals surface area contributed by atoms with E-state index in [2.05, 4.69) is 25.7 Å². The van der Waals surface area contributed by atoms with E-state index in [0.717, 1.165) is 24.3 Å². The zero-order valence-electron chi connectivity index (χ0n) is 18.0. The number of hydrogen-bond acceptors (Lipinski definition) is 6. The van der Waals surface area contributed by atoms with Crippen LogP contribution in [0.5, 0.6) is 5.75 Å². The van der Waals surface area contributed by atoms with Gasteiger partial charge in [-0.3, -0.25) is 4.79 Å². The van der Waals surface area contributed by atoms with Gasteiger partial charge in [0.25, 0.3) is 0 Å². The third kappa shape index (κ3) is 5.49. The van der Waals surface area contributed by atoms with Crippen molar-refractivity contribution in [2.24, 2.45) is 0 Å². The number of carbonyl (C=O) groups is 2. The highest BCUT2D eigenvalue weighted by Crippen LogP contribution is 2.38. The van der Waals surface area contributed by atoms with Crippen molar-refractivity contribution < 1.29 is 41.4 Å². The summed E-state index contributed by atoms with van der Waals surface area (Å²) < 4.78 is 70.2. The minimum absolute atomic E-state index is 0.00658. The lowest BCUT2D eigenvalue weighted by atomic mass is 9.90. The largest absolute Gasteiger partial charge is 0.466 e. The summed E-state index contributed by atoms with van der Waals surface area (Å²) >= 11 is 3.06. The number of rotatable bonds is 9. The van der Waals surface area contributed by atoms with E-state index in [4.69, 9.17) is 9.47 Å². The molecule has 2 heterocycles. The Kier molecular flexibility index (Phi) is 8.13. The predicted octanol–water partition coefficient (Wildman–Crippen LogP) is 5.24. The number of fused-ring (bicyclic) bond motifs is 1. The van der Waals surface area contributed by atoms with Gasteiger partial charge in [0.2, 0.25) is 0 Å². The minimum atomic E-state index is -3.29. The fourth-order valence-electron chi connectivity index (χ4n) is 3.48. The van der Waals surface area contributed by atoms with Gasteiger partial charge >= 0.3 is 18.6 Å². The molecule has 0 aliphatic heterocycles. The molecule has 0 saturated carbocycles. The van der Waals surface area contributed by atoms with Crippen LogP contribution in [0.1, 0.15) is 47.9 Å². The van der Waals surface area contributed by atoms with Crippen LogP contribution in [0.2, 0.25) is 0 Å². The maximum atomic E-state index is 14.2. The van der Waals surface area contributed by atoms with Crippen molar-refractivity contribution in [2.45, 2.75) is 32.8 Å². The van der Waals surface area contributed by atoms with Crippen molar-refractivity contribution in [3.8, 4) is 5.75 Å². The lowest BCUT2D eigenvalue weighted by molar-refractivity contribution is -0.143. The molecule has 2 aromatic heterocycles. The molecule has 0 N–H and O–H groups in total. The summed E-state index contributed by atoms with van der Waals surface area (Å²) in [5.74, 6) is -4.88. The second-order valence-corrected chi connectivity index (χ2v) is 7.74. The summed E-state index contributed by atoms with van der Waals surface area (Å²) in [5.41, 5.74) is -0.303. The van der Waals surface area contributed by atoms with Gasteiger partial charge in [0, 0.05) is 29.8 Å². The Balaban J connectivity index is 2.33. The molecule has 1 unspecified atom stereocenters. The fraction of sp³-hybridized carbons (Fsp3) is 0.318. The number of imidazole rings is 1. The zero-order chi connectivity index (χ0) is 25.0. The third-order valence-electron chi connectivity index (χ3n) is 4.74. The van der Waals surface area contributed by atoms with Gasteiger partial charge in [-0.1, -0.05) is 6.07 Å². The highest BCUT2D eigenvalue weighted by Gasteiger charge is 2.33. The lowest BCUT2D eigenvalue weighted by Crippen LogP contribution is -2.18. The Labute approximate surface area is 199 Å². The second-order valence-electron chi connectivity index (χ2n) is 6.89. The molecule has 7 nitrogen and oxygen atoms in total. The molecule has 0 aliphatic carbocycles. The molecule has 0 saturated heterocycles. The summed E-state index contributed by atoms with van der Waals surface area (Å²) in [4.78, 5) is 29.4. The Hall–Kier alpha value is -3.15. The lowest BCUT2D eigenvalue weighted by Gasteiger charge is -2.21. The topological polar surface area (TPSA) is 79.1 Å². The summed E-state index contributed by atoms with van der Waals surface area (Å²) in [6.45, 7) is -0.131. The first-order valence-electron chi connectivity index (χ1n) is 10.1. The molecule has 1 aromatic carbocycles. The van der Waals surface area contributed by atoms with Crippen molar-refractivity contribution in [2.75, 3.05) is 13.2 Å². The van der Waals surface area contributed by atoms with Crippen LogP contribution >= 0.6 is 15.9 Å². The number of benzene rings is 1. The van der Waals surface area contributed by atoms with Gasteiger partial charge in [0.15, 0.2) is 5.69 Å². The van der Waals surface area contributed by atoms with E-state index in [1.807, 2.05) is 0 Å². The van der Waals surface area contributed by atoms with Crippen molar-refractivity contribution >= 4 is 33.5 Å². The van der Waals surface area contributed by atoms with Gasteiger partial charge in [-0.2, -0.15) is 8.78 Å². The number of ether oxygens (including phenoxy) is 3. The number of pyridine rings is 1. The quantitative estimate of drug-likeness (QED) is 0.270. The second kappa shape index (κ2) is 10.9. The number of nitrogens with zero attached hydrogens (tertiary/aromatic N) is 2. The highest BCUT2D eigenvalue weighted by atomic mass is 79.9. The number of esters is 2. The fourth-order valence-corrected chi connectivity index (χ4v) is 3.79. The number of carbonyl (C=O) groups excluding carboxylic acids is 2. The van der Waals surface area contributed by atoms with Crippen LogP contribution in [0.4, 0.5) is 17.6 Å². The zero-order valence-corrected chi connectivity index (χ0v) is 19.6. The van der Waals surface area contributed by atoms with E-state index in [0.29, 0.717) is 0 Å². The van der Waals surface area contributed by atoms with Gasteiger partial charge < -0.3 is 18.6 Å². The third-order valence-corrected chi connectivity index (χ3v) is 5.33. The van der Waals surface area contributed by atoms with Crippen molar-refractivity contribution in [3.63, 3.8) is 0 Å². The number of alkyl halides is 2. The van der Waals surface area contributed by atoms with Crippen LogP contribution < -0.4 is 4.74 Å². The first kappa shape index (κ1) is 25.5. The van der Waals surface area contributed by atoms with E-state index < -0.39 is 48.3 Å². The van der Waals surface area contributed by atoms with Crippen LogP contribution in [-0.2, 0) is 14.3 Å². The molecule has 1 atom stereocenters. The molecule has 12 heteroatoms. The predicted molar refractivity (Wildman–Crippen MR) is 115 cm³/mol. The smallest absolute Gasteiger partial charge is 0.387 e. The number of hydrogen-bond donors (Lipinski definition) is 0. The Bertz CT molecular complexity index is 1220. The molecule has 34 heavy (non-hydrogen) atoms. The average molecular weight is 547 g/mol. The normalized spacial score (nSPS) is 12.1. The van der Waals surface area contributed by atoms with Gasteiger partial charge in [0.1, 0.15) is 23.0 Å². The van der Waals surface area contributed by atoms with E-state index in [-0.39, 0.29) is 40.3 Å². The Morgan fingerprint density at radius 2 is 1.82 bits per heavy atom. The van der Waals surface area contributed by atoms with Crippen LogP contribution in [0, 0.1) is 11.6 Å². The van der Waals surface area contributed by atoms with Crippen molar-refractivity contribution in [1.29, 1.82) is 0 Å². The van der Waals surface area contributed by atoms with Gasteiger partial charge in [-0.25, -0.2) is 18.6 Å². The van der Waals surface area contributed by atoms with Crippen LogP contribution in [-0.4, -0.2) is 41.1 Å². The molecule has 3 rings (SSSR count). The molecule has 182 valence electrons. The van der Waals surface area contributed by atoms with Gasteiger partial charge in [-0.15, -0.1) is 0 Å². The molecule has 0 spiro atoms. The first-order chi connectivity index (χ1) is 16.2. The summed E-state index contributed by atoms with van der Waals surface area (Å²) in [5, 5.41) is 0. The average Bonchev–Trinajstić information content (AvgIpc) is 3.11. The molecular formula is C22H19BrF4N2O5. The Morgan fingerprint density at radius 3 is 2.47 bits per heavy atom. The summed E-state index contributed by atoms with van der Waals surface area (Å²) in [6, 6.07) is 3.93. The van der Waals surface area contributed by atoms with E-state index in [1.54, 1.807) is 13.8 Å². The molecule has 0 bridgehead atoms.